The number of morpholine rings is 1. The molecule has 122 valence electrons. The Labute approximate surface area is 132 Å². The number of hydrogen-bond acceptors (Lipinski definition) is 4. The van der Waals surface area contributed by atoms with E-state index in [4.69, 9.17) is 9.84 Å². The van der Waals surface area contributed by atoms with Gasteiger partial charge in [0.2, 0.25) is 0 Å². The van der Waals surface area contributed by atoms with Crippen LogP contribution in [0.1, 0.15) is 17.5 Å². The highest BCUT2D eigenvalue weighted by atomic mass is 16.5. The molecule has 0 radical (unpaired) electrons. The lowest BCUT2D eigenvalue weighted by Crippen LogP contribution is -2.42. The van der Waals surface area contributed by atoms with Crippen LogP contribution in [-0.2, 0) is 9.53 Å². The number of carbonyl (C=O) groups is 1. The summed E-state index contributed by atoms with van der Waals surface area (Å²) in [6, 6.07) is 6.35. The zero-order chi connectivity index (χ0) is 15.9. The van der Waals surface area contributed by atoms with Gasteiger partial charge in [0.25, 0.3) is 0 Å². The zero-order valence-corrected chi connectivity index (χ0v) is 13.5. The minimum absolute atomic E-state index is 0.163. The van der Waals surface area contributed by atoms with E-state index in [1.165, 1.54) is 11.1 Å². The molecule has 0 unspecified atom stereocenters. The van der Waals surface area contributed by atoms with Gasteiger partial charge >= 0.3 is 5.97 Å². The smallest absolute Gasteiger partial charge is 0.305 e. The number of hydrogen-bond donors (Lipinski definition) is 1. The fraction of sp³-hybridized carbons (Fsp3) is 0.588. The Morgan fingerprint density at radius 2 is 2.00 bits per heavy atom. The second-order valence-corrected chi connectivity index (χ2v) is 5.87. The van der Waals surface area contributed by atoms with E-state index in [1.54, 1.807) is 0 Å². The quantitative estimate of drug-likeness (QED) is 0.834. The molecule has 1 aliphatic rings. The first kappa shape index (κ1) is 16.8. The van der Waals surface area contributed by atoms with Gasteiger partial charge in [-0.1, -0.05) is 12.1 Å². The molecule has 22 heavy (non-hydrogen) atoms. The van der Waals surface area contributed by atoms with E-state index in [9.17, 15) is 4.79 Å². The highest BCUT2D eigenvalue weighted by Gasteiger charge is 2.15. The number of benzene rings is 1. The lowest BCUT2D eigenvalue weighted by molar-refractivity contribution is -0.136. The minimum atomic E-state index is -0.748. The molecule has 1 heterocycles. The Kier molecular flexibility index (Phi) is 6.21. The van der Waals surface area contributed by atoms with Crippen LogP contribution in [0.25, 0.3) is 0 Å². The fourth-order valence-electron chi connectivity index (χ4n) is 2.73. The van der Waals surface area contributed by atoms with E-state index in [2.05, 4.69) is 41.8 Å². The predicted molar refractivity (Wildman–Crippen MR) is 87.6 cm³/mol. The van der Waals surface area contributed by atoms with Crippen molar-refractivity contribution < 1.29 is 14.6 Å². The topological polar surface area (TPSA) is 53.0 Å². The van der Waals surface area contributed by atoms with Crippen molar-refractivity contribution in [3.05, 3.63) is 29.3 Å². The van der Waals surface area contributed by atoms with Crippen LogP contribution in [0, 0.1) is 13.8 Å². The Bertz CT molecular complexity index is 499. The van der Waals surface area contributed by atoms with Crippen molar-refractivity contribution in [1.82, 2.24) is 4.90 Å². The SMILES string of the molecule is Cc1ccc(C)c(N(CCC(=O)O)CCN2CCOCC2)c1. The highest BCUT2D eigenvalue weighted by molar-refractivity contribution is 5.68. The summed E-state index contributed by atoms with van der Waals surface area (Å²) in [7, 11) is 0. The van der Waals surface area contributed by atoms with Gasteiger partial charge in [0, 0.05) is 38.4 Å². The Hall–Kier alpha value is -1.59. The van der Waals surface area contributed by atoms with E-state index in [-0.39, 0.29) is 6.42 Å². The molecule has 1 N–H and O–H groups in total. The van der Waals surface area contributed by atoms with Crippen LogP contribution in [0.15, 0.2) is 18.2 Å². The summed E-state index contributed by atoms with van der Waals surface area (Å²) in [4.78, 5) is 15.5. The van der Waals surface area contributed by atoms with Crippen molar-refractivity contribution in [3.8, 4) is 0 Å². The van der Waals surface area contributed by atoms with Crippen LogP contribution < -0.4 is 4.90 Å². The Morgan fingerprint density at radius 3 is 2.68 bits per heavy atom. The molecule has 1 fully saturated rings. The van der Waals surface area contributed by atoms with E-state index >= 15 is 0 Å². The summed E-state index contributed by atoms with van der Waals surface area (Å²) in [5.41, 5.74) is 3.54. The summed E-state index contributed by atoms with van der Waals surface area (Å²) in [5, 5.41) is 9.00. The number of carboxylic acid groups (broad SMARTS) is 1. The van der Waals surface area contributed by atoms with Crippen LogP contribution in [0.3, 0.4) is 0 Å². The standard InChI is InChI=1S/C17H26N2O3/c1-14-3-4-15(2)16(13-14)19(6-5-17(20)21)8-7-18-9-11-22-12-10-18/h3-4,13H,5-12H2,1-2H3,(H,20,21). The summed E-state index contributed by atoms with van der Waals surface area (Å²) < 4.78 is 5.37. The number of aliphatic carboxylic acids is 1. The predicted octanol–water partition coefficient (Wildman–Crippen LogP) is 1.92. The first-order valence-corrected chi connectivity index (χ1v) is 7.90. The van der Waals surface area contributed by atoms with Gasteiger partial charge in [0.1, 0.15) is 0 Å². The Balaban J connectivity index is 2.04. The molecule has 1 aliphatic heterocycles. The van der Waals surface area contributed by atoms with Gasteiger partial charge in [-0.25, -0.2) is 0 Å². The largest absolute Gasteiger partial charge is 0.481 e. The molecular weight excluding hydrogens is 280 g/mol. The average Bonchev–Trinajstić information content (AvgIpc) is 2.51. The van der Waals surface area contributed by atoms with Gasteiger partial charge in [-0.2, -0.15) is 0 Å². The minimum Gasteiger partial charge on any atom is -0.481 e. The molecule has 5 heteroatoms. The number of anilines is 1. The number of rotatable bonds is 7. The lowest BCUT2D eigenvalue weighted by atomic mass is 10.1. The molecule has 0 spiro atoms. The molecule has 0 amide bonds. The molecule has 1 aromatic carbocycles. The zero-order valence-electron chi connectivity index (χ0n) is 13.5. The van der Waals surface area contributed by atoms with Crippen molar-refractivity contribution in [2.45, 2.75) is 20.3 Å². The highest BCUT2D eigenvalue weighted by Crippen LogP contribution is 2.22. The van der Waals surface area contributed by atoms with Crippen LogP contribution in [0.4, 0.5) is 5.69 Å². The third-order valence-electron chi connectivity index (χ3n) is 4.09. The van der Waals surface area contributed by atoms with Crippen LogP contribution >= 0.6 is 0 Å². The molecule has 2 rings (SSSR count). The van der Waals surface area contributed by atoms with Crippen molar-refractivity contribution in [2.75, 3.05) is 50.8 Å². The number of carboxylic acids is 1. The molecule has 0 aromatic heterocycles. The van der Waals surface area contributed by atoms with Gasteiger partial charge in [-0.15, -0.1) is 0 Å². The summed E-state index contributed by atoms with van der Waals surface area (Å²) in [5.74, 6) is -0.748. The van der Waals surface area contributed by atoms with Crippen molar-refractivity contribution in [1.29, 1.82) is 0 Å². The summed E-state index contributed by atoms with van der Waals surface area (Å²) in [6.45, 7) is 9.98. The molecule has 5 nitrogen and oxygen atoms in total. The molecular formula is C17H26N2O3. The van der Waals surface area contributed by atoms with Gasteiger partial charge in [-0.05, 0) is 31.0 Å². The van der Waals surface area contributed by atoms with Crippen molar-refractivity contribution in [3.63, 3.8) is 0 Å². The van der Waals surface area contributed by atoms with Gasteiger partial charge in [0.15, 0.2) is 0 Å². The maximum Gasteiger partial charge on any atom is 0.305 e. The first-order valence-electron chi connectivity index (χ1n) is 7.90. The van der Waals surface area contributed by atoms with E-state index in [0.717, 1.165) is 45.1 Å². The lowest BCUT2D eigenvalue weighted by Gasteiger charge is -2.31. The molecule has 0 atom stereocenters. The van der Waals surface area contributed by atoms with E-state index < -0.39 is 5.97 Å². The van der Waals surface area contributed by atoms with Gasteiger partial charge in [0.05, 0.1) is 19.6 Å². The van der Waals surface area contributed by atoms with Crippen LogP contribution in [-0.4, -0.2) is 61.9 Å². The second kappa shape index (κ2) is 8.15. The Morgan fingerprint density at radius 1 is 1.27 bits per heavy atom. The maximum atomic E-state index is 10.9. The monoisotopic (exact) mass is 306 g/mol. The molecule has 0 bridgehead atoms. The molecule has 0 saturated carbocycles. The summed E-state index contributed by atoms with van der Waals surface area (Å²) in [6.07, 6.45) is 0.163. The number of ether oxygens (including phenoxy) is 1. The van der Waals surface area contributed by atoms with Crippen LogP contribution in [0.2, 0.25) is 0 Å². The third kappa shape index (κ3) is 5.00. The van der Waals surface area contributed by atoms with Crippen molar-refractivity contribution >= 4 is 11.7 Å². The molecule has 0 aliphatic carbocycles. The van der Waals surface area contributed by atoms with E-state index in [0.29, 0.717) is 6.54 Å². The number of aryl methyl sites for hydroxylation is 2. The average molecular weight is 306 g/mol. The van der Waals surface area contributed by atoms with Crippen LogP contribution in [0.5, 0.6) is 0 Å². The normalized spacial score (nSPS) is 15.7. The fourth-order valence-corrected chi connectivity index (χ4v) is 2.73. The molecule has 1 aromatic rings. The molecule has 1 saturated heterocycles. The van der Waals surface area contributed by atoms with Gasteiger partial charge < -0.3 is 14.7 Å². The number of nitrogens with zero attached hydrogens (tertiary/aromatic N) is 2. The van der Waals surface area contributed by atoms with E-state index in [1.807, 2.05) is 0 Å². The summed E-state index contributed by atoms with van der Waals surface area (Å²) >= 11 is 0. The maximum absolute atomic E-state index is 10.9. The third-order valence-corrected chi connectivity index (χ3v) is 4.09. The van der Waals surface area contributed by atoms with Crippen molar-refractivity contribution in [2.24, 2.45) is 0 Å². The van der Waals surface area contributed by atoms with Gasteiger partial charge in [-0.3, -0.25) is 9.69 Å². The first-order chi connectivity index (χ1) is 10.6. The second-order valence-electron chi connectivity index (χ2n) is 5.87.